The summed E-state index contributed by atoms with van der Waals surface area (Å²) in [4.78, 5) is 0. The molecule has 0 spiro atoms. The molecule has 4 aromatic carbocycles. The van der Waals surface area contributed by atoms with Crippen molar-refractivity contribution in [3.63, 3.8) is 0 Å². The van der Waals surface area contributed by atoms with Crippen LogP contribution in [0.15, 0.2) is 54.6 Å². The molecule has 0 unspecified atom stereocenters. The van der Waals surface area contributed by atoms with Crippen LogP contribution in [0.25, 0.3) is 11.1 Å². The van der Waals surface area contributed by atoms with Gasteiger partial charge in [0.25, 0.3) is 0 Å². The highest BCUT2D eigenvalue weighted by atomic mass is 19.3. The summed E-state index contributed by atoms with van der Waals surface area (Å²) in [6.07, 6.45) is -4.82. The third-order valence-electron chi connectivity index (χ3n) is 5.46. The standard InChI is InChI=1S/C29H14F10O2/c1-2-40-17-6-5-15(19(30)11-17)4-3-14-7-22(33)27(23(34)8-14)29(38,39)41-18-12-20(31)26(21(32)13-18)16-9-24(35)28(37)25(36)10-16/h5-13H,2H2,1H3. The number of hydrogen-bond donors (Lipinski definition) is 0. The van der Waals surface area contributed by atoms with E-state index >= 15 is 0 Å². The SMILES string of the molecule is CCOc1ccc(C#Cc2cc(F)c(C(F)(F)Oc3cc(F)c(-c4cc(F)c(F)c(F)c4)c(F)c3)c(F)c2)c(F)c1. The van der Waals surface area contributed by atoms with Gasteiger partial charge >= 0.3 is 6.11 Å². The lowest BCUT2D eigenvalue weighted by Gasteiger charge is -2.20. The largest absolute Gasteiger partial charge is 0.494 e. The van der Waals surface area contributed by atoms with Crippen LogP contribution >= 0.6 is 0 Å². The summed E-state index contributed by atoms with van der Waals surface area (Å²) < 4.78 is 151. The van der Waals surface area contributed by atoms with Crippen molar-refractivity contribution in [1.82, 2.24) is 0 Å². The Morgan fingerprint density at radius 2 is 1.20 bits per heavy atom. The number of halogens is 10. The van der Waals surface area contributed by atoms with Crippen LogP contribution in [0.3, 0.4) is 0 Å². The molecule has 41 heavy (non-hydrogen) atoms. The van der Waals surface area contributed by atoms with E-state index in [1.54, 1.807) is 6.92 Å². The Morgan fingerprint density at radius 1 is 0.634 bits per heavy atom. The Balaban J connectivity index is 1.61. The predicted molar refractivity (Wildman–Crippen MR) is 126 cm³/mol. The molecule has 0 aromatic heterocycles. The van der Waals surface area contributed by atoms with E-state index in [-0.39, 0.29) is 42.2 Å². The Kier molecular flexibility index (Phi) is 8.19. The first-order chi connectivity index (χ1) is 19.3. The molecule has 0 saturated carbocycles. The van der Waals surface area contributed by atoms with Crippen LogP contribution in [0, 0.1) is 58.4 Å². The lowest BCUT2D eigenvalue weighted by atomic mass is 10.0. The average molecular weight is 584 g/mol. The zero-order valence-electron chi connectivity index (χ0n) is 20.5. The summed E-state index contributed by atoms with van der Waals surface area (Å²) in [5, 5.41) is 0. The molecule has 4 rings (SSSR count). The fraction of sp³-hybridized carbons (Fsp3) is 0.103. The van der Waals surface area contributed by atoms with E-state index in [9.17, 15) is 43.9 Å². The molecule has 0 aliphatic rings. The van der Waals surface area contributed by atoms with Crippen LogP contribution in [-0.4, -0.2) is 6.61 Å². The molecule has 0 bridgehead atoms. The van der Waals surface area contributed by atoms with Gasteiger partial charge in [-0.15, -0.1) is 0 Å². The molecule has 0 fully saturated rings. The normalized spacial score (nSPS) is 11.2. The van der Waals surface area contributed by atoms with Gasteiger partial charge in [-0.2, -0.15) is 8.78 Å². The molecule has 12 heteroatoms. The van der Waals surface area contributed by atoms with Gasteiger partial charge in [-0.1, -0.05) is 11.8 Å². The van der Waals surface area contributed by atoms with Crippen LogP contribution in [0.5, 0.6) is 11.5 Å². The minimum atomic E-state index is -4.82. The second-order valence-corrected chi connectivity index (χ2v) is 8.27. The van der Waals surface area contributed by atoms with Crippen molar-refractivity contribution < 1.29 is 53.4 Å². The van der Waals surface area contributed by atoms with E-state index in [2.05, 4.69) is 16.6 Å². The zero-order chi connectivity index (χ0) is 30.1. The molecule has 0 N–H and O–H groups in total. The minimum absolute atomic E-state index is 0.173. The summed E-state index contributed by atoms with van der Waals surface area (Å²) in [6, 6.07) is 5.39. The van der Waals surface area contributed by atoms with E-state index in [1.807, 2.05) is 0 Å². The highest BCUT2D eigenvalue weighted by Gasteiger charge is 2.41. The monoisotopic (exact) mass is 584 g/mol. The topological polar surface area (TPSA) is 18.5 Å². The van der Waals surface area contributed by atoms with Crippen LogP contribution in [-0.2, 0) is 6.11 Å². The molecule has 0 heterocycles. The molecule has 0 amide bonds. The summed E-state index contributed by atoms with van der Waals surface area (Å²) in [6.45, 7) is 1.96. The summed E-state index contributed by atoms with van der Waals surface area (Å²) >= 11 is 0. The second kappa shape index (κ2) is 11.4. The second-order valence-electron chi connectivity index (χ2n) is 8.27. The molecule has 0 saturated heterocycles. The number of ether oxygens (including phenoxy) is 2. The average Bonchev–Trinajstić information content (AvgIpc) is 2.85. The van der Waals surface area contributed by atoms with Crippen molar-refractivity contribution in [2.45, 2.75) is 13.0 Å². The number of benzene rings is 4. The third kappa shape index (κ3) is 6.24. The van der Waals surface area contributed by atoms with Crippen LogP contribution in [0.4, 0.5) is 43.9 Å². The summed E-state index contributed by atoms with van der Waals surface area (Å²) in [7, 11) is 0. The molecular formula is C29H14F10O2. The van der Waals surface area contributed by atoms with Crippen molar-refractivity contribution in [2.24, 2.45) is 0 Å². The highest BCUT2D eigenvalue weighted by molar-refractivity contribution is 5.66. The summed E-state index contributed by atoms with van der Waals surface area (Å²) in [5.41, 5.74) is -4.46. The molecule has 0 aliphatic carbocycles. The van der Waals surface area contributed by atoms with E-state index in [0.717, 1.165) is 6.07 Å². The van der Waals surface area contributed by atoms with Crippen LogP contribution in [0.1, 0.15) is 23.6 Å². The number of rotatable bonds is 6. The Morgan fingerprint density at radius 3 is 1.73 bits per heavy atom. The summed E-state index contributed by atoms with van der Waals surface area (Å²) in [5.74, 6) is -9.74. The Hall–Kier alpha value is -4.66. The maximum Gasteiger partial charge on any atom is 0.432 e. The van der Waals surface area contributed by atoms with Gasteiger partial charge < -0.3 is 9.47 Å². The van der Waals surface area contributed by atoms with E-state index in [0.29, 0.717) is 12.1 Å². The quantitative estimate of drug-likeness (QED) is 0.129. The third-order valence-corrected chi connectivity index (χ3v) is 5.46. The van der Waals surface area contributed by atoms with E-state index < -0.39 is 80.6 Å². The Bertz CT molecular complexity index is 1640. The first-order valence-electron chi connectivity index (χ1n) is 11.5. The van der Waals surface area contributed by atoms with Crippen LogP contribution < -0.4 is 9.47 Å². The Labute approximate surface area is 225 Å². The van der Waals surface area contributed by atoms with E-state index in [4.69, 9.17) is 4.74 Å². The minimum Gasteiger partial charge on any atom is -0.494 e. The maximum absolute atomic E-state index is 14.8. The van der Waals surface area contributed by atoms with Gasteiger partial charge in [-0.05, 0) is 48.9 Å². The van der Waals surface area contributed by atoms with Gasteiger partial charge in [0.05, 0.1) is 17.7 Å². The fourth-order valence-electron chi connectivity index (χ4n) is 3.70. The van der Waals surface area contributed by atoms with Crippen molar-refractivity contribution in [1.29, 1.82) is 0 Å². The highest BCUT2D eigenvalue weighted by Crippen LogP contribution is 2.38. The predicted octanol–water partition coefficient (Wildman–Crippen LogP) is 8.39. The molecule has 0 atom stereocenters. The van der Waals surface area contributed by atoms with Crippen molar-refractivity contribution in [3.8, 4) is 34.5 Å². The number of hydrogen-bond acceptors (Lipinski definition) is 2. The molecule has 0 aliphatic heterocycles. The number of alkyl halides is 2. The first-order valence-corrected chi connectivity index (χ1v) is 11.5. The zero-order valence-corrected chi connectivity index (χ0v) is 20.5. The molecule has 4 aromatic rings. The fourth-order valence-corrected chi connectivity index (χ4v) is 3.70. The van der Waals surface area contributed by atoms with Gasteiger partial charge in [0.2, 0.25) is 0 Å². The van der Waals surface area contributed by atoms with Crippen molar-refractivity contribution in [3.05, 3.63) is 118 Å². The van der Waals surface area contributed by atoms with Crippen molar-refractivity contribution >= 4 is 0 Å². The van der Waals surface area contributed by atoms with Gasteiger partial charge in [-0.25, -0.2) is 35.1 Å². The van der Waals surface area contributed by atoms with Gasteiger partial charge in [0.15, 0.2) is 17.5 Å². The molecule has 212 valence electrons. The van der Waals surface area contributed by atoms with E-state index in [1.165, 1.54) is 12.1 Å². The molecule has 2 nitrogen and oxygen atoms in total. The molecular weight excluding hydrogens is 570 g/mol. The molecule has 0 radical (unpaired) electrons. The van der Waals surface area contributed by atoms with Gasteiger partial charge in [0.1, 0.15) is 46.1 Å². The van der Waals surface area contributed by atoms with Crippen molar-refractivity contribution in [2.75, 3.05) is 6.61 Å². The van der Waals surface area contributed by atoms with Gasteiger partial charge in [0, 0.05) is 23.8 Å². The smallest absolute Gasteiger partial charge is 0.432 e. The van der Waals surface area contributed by atoms with Crippen LogP contribution in [0.2, 0.25) is 0 Å². The first kappa shape index (κ1) is 29.3. The van der Waals surface area contributed by atoms with Gasteiger partial charge in [-0.3, -0.25) is 0 Å². The maximum atomic E-state index is 14.8. The lowest BCUT2D eigenvalue weighted by Crippen LogP contribution is -2.25. The lowest BCUT2D eigenvalue weighted by molar-refractivity contribution is -0.189.